The molecule has 0 atom stereocenters. The van der Waals surface area contributed by atoms with Gasteiger partial charge in [-0.1, -0.05) is 0 Å². The molecule has 0 unspecified atom stereocenters. The number of rotatable bonds is 3. The predicted octanol–water partition coefficient (Wildman–Crippen LogP) is -2.40. The molecule has 0 spiro atoms. The van der Waals surface area contributed by atoms with Crippen molar-refractivity contribution < 1.29 is 9.59 Å². The lowest BCUT2D eigenvalue weighted by Crippen LogP contribution is -2.34. The van der Waals surface area contributed by atoms with Crippen LogP contribution in [0.4, 0.5) is 0 Å². The zero-order chi connectivity index (χ0) is 8.69. The van der Waals surface area contributed by atoms with Crippen molar-refractivity contribution >= 4 is 18.0 Å². The summed E-state index contributed by atoms with van der Waals surface area (Å²) in [6, 6.07) is 0. The fourth-order valence-corrected chi connectivity index (χ4v) is 0.239. The van der Waals surface area contributed by atoms with E-state index >= 15 is 0 Å². The summed E-state index contributed by atoms with van der Waals surface area (Å²) in [5.74, 6) is 3.83. The van der Waals surface area contributed by atoms with Crippen LogP contribution in [0.1, 0.15) is 6.92 Å². The minimum Gasteiger partial charge on any atom is -0.289 e. The van der Waals surface area contributed by atoms with Gasteiger partial charge in [-0.2, -0.15) is 5.10 Å². The number of hydrogen-bond acceptors (Lipinski definition) is 5. The van der Waals surface area contributed by atoms with E-state index in [9.17, 15) is 9.59 Å². The number of nitrogens with two attached hydrogens (primary N) is 1. The Labute approximate surface area is 63.0 Å². The summed E-state index contributed by atoms with van der Waals surface area (Å²) in [7, 11) is 0. The molecule has 0 rings (SSSR count). The van der Waals surface area contributed by atoms with Crippen LogP contribution in [0.3, 0.4) is 0 Å². The Morgan fingerprint density at radius 1 is 1.55 bits per heavy atom. The van der Waals surface area contributed by atoms with E-state index in [1.54, 1.807) is 0 Å². The van der Waals surface area contributed by atoms with E-state index in [4.69, 9.17) is 5.84 Å². The minimum absolute atomic E-state index is 0.310. The van der Waals surface area contributed by atoms with Crippen molar-refractivity contribution in [3.63, 3.8) is 0 Å². The van der Waals surface area contributed by atoms with Crippen LogP contribution in [0.2, 0.25) is 0 Å². The number of carbonyl (C=O) groups is 2. The molecule has 0 aliphatic carbocycles. The van der Waals surface area contributed by atoms with Crippen LogP contribution in [0.25, 0.3) is 0 Å². The summed E-state index contributed by atoms with van der Waals surface area (Å²) >= 11 is 0. The van der Waals surface area contributed by atoms with E-state index in [-0.39, 0.29) is 5.91 Å². The third-order valence-electron chi connectivity index (χ3n) is 0.621. The Balaban J connectivity index is 3.45. The molecular weight excluding hydrogens is 150 g/mol. The monoisotopic (exact) mass is 159 g/mol. The second-order valence-corrected chi connectivity index (χ2v) is 1.56. The van der Waals surface area contributed by atoms with E-state index in [1.165, 1.54) is 6.92 Å². The molecule has 0 heterocycles. The molecule has 0 bridgehead atoms. The minimum atomic E-state index is -0.567. The second kappa shape index (κ2) is 5.18. The molecule has 0 aliphatic rings. The molecular formula is C4H9N5O2. The number of hydrazone groups is 1. The molecule has 0 fully saturated rings. The molecule has 0 saturated heterocycles. The Morgan fingerprint density at radius 2 is 2.18 bits per heavy atom. The number of carbonyl (C=O) groups excluding carboxylic acids is 2. The molecule has 0 saturated carbocycles. The Hall–Kier alpha value is -1.63. The number of nitrogens with zero attached hydrogens (tertiary/aromatic N) is 1. The molecule has 11 heavy (non-hydrogen) atoms. The molecule has 0 aliphatic heterocycles. The van der Waals surface area contributed by atoms with Gasteiger partial charge in [-0.25, -0.2) is 11.4 Å². The van der Waals surface area contributed by atoms with Gasteiger partial charge in [0.15, 0.2) is 0 Å². The van der Waals surface area contributed by atoms with Gasteiger partial charge >= 0.3 is 0 Å². The first-order chi connectivity index (χ1) is 5.16. The summed E-state index contributed by atoms with van der Waals surface area (Å²) in [5.41, 5.74) is 6.03. The highest BCUT2D eigenvalue weighted by Gasteiger charge is 1.88. The Bertz CT molecular complexity index is 177. The van der Waals surface area contributed by atoms with Gasteiger partial charge in [0, 0.05) is 6.92 Å². The van der Waals surface area contributed by atoms with Gasteiger partial charge in [0.1, 0.15) is 6.21 Å². The van der Waals surface area contributed by atoms with Crippen LogP contribution >= 0.6 is 0 Å². The highest BCUT2D eigenvalue weighted by atomic mass is 16.2. The quantitative estimate of drug-likeness (QED) is 0.159. The summed E-state index contributed by atoms with van der Waals surface area (Å²) in [6.45, 7) is 1.30. The van der Waals surface area contributed by atoms with Gasteiger partial charge in [-0.3, -0.25) is 20.4 Å². The highest BCUT2D eigenvalue weighted by molar-refractivity contribution is 6.25. The lowest BCUT2D eigenvalue weighted by Gasteiger charge is -1.96. The summed E-state index contributed by atoms with van der Waals surface area (Å²) in [6.07, 6.45) is 0.885. The average molecular weight is 159 g/mol. The smallest absolute Gasteiger partial charge is 0.278 e. The molecule has 62 valence electrons. The lowest BCUT2D eigenvalue weighted by molar-refractivity contribution is -0.120. The Morgan fingerprint density at radius 3 is 2.64 bits per heavy atom. The number of nitrogens with one attached hydrogen (secondary N) is 3. The fourth-order valence-electron chi connectivity index (χ4n) is 0.239. The zero-order valence-electron chi connectivity index (χ0n) is 5.92. The van der Waals surface area contributed by atoms with Crippen molar-refractivity contribution in [3.05, 3.63) is 0 Å². The van der Waals surface area contributed by atoms with Gasteiger partial charge in [-0.05, 0) is 0 Å². The third kappa shape index (κ3) is 6.25. The van der Waals surface area contributed by atoms with Crippen LogP contribution in [0, 0.1) is 0 Å². The maximum Gasteiger partial charge on any atom is 0.278 e. The van der Waals surface area contributed by atoms with Gasteiger partial charge in [0.2, 0.25) is 5.91 Å². The molecule has 0 aromatic rings. The van der Waals surface area contributed by atoms with Crippen LogP contribution in [0.5, 0.6) is 0 Å². The van der Waals surface area contributed by atoms with Crippen LogP contribution < -0.4 is 22.2 Å². The van der Waals surface area contributed by atoms with Crippen molar-refractivity contribution in [2.45, 2.75) is 6.92 Å². The molecule has 7 heteroatoms. The highest BCUT2D eigenvalue weighted by Crippen LogP contribution is 1.56. The first-order valence-electron chi connectivity index (χ1n) is 2.72. The van der Waals surface area contributed by atoms with Gasteiger partial charge in [0.05, 0.1) is 0 Å². The SMILES string of the molecule is CC(=O)NN/N=C/C(=O)NN. The van der Waals surface area contributed by atoms with E-state index in [0.717, 1.165) is 6.21 Å². The van der Waals surface area contributed by atoms with Crippen LogP contribution in [0.15, 0.2) is 5.10 Å². The van der Waals surface area contributed by atoms with Crippen molar-refractivity contribution in [1.82, 2.24) is 16.4 Å². The van der Waals surface area contributed by atoms with Crippen molar-refractivity contribution in [1.29, 1.82) is 0 Å². The summed E-state index contributed by atoms with van der Waals surface area (Å²) in [5, 5.41) is 3.28. The standard InChI is InChI=1S/C4H9N5O2/c1-3(10)8-9-6-2-4(11)7-5/h2,9H,5H2,1H3,(H,7,11)(H,8,10)/b6-2+. The van der Waals surface area contributed by atoms with Gasteiger partial charge in [0.25, 0.3) is 5.91 Å². The third-order valence-corrected chi connectivity index (χ3v) is 0.621. The predicted molar refractivity (Wildman–Crippen MR) is 37.8 cm³/mol. The first-order valence-corrected chi connectivity index (χ1v) is 2.72. The molecule has 7 nitrogen and oxygen atoms in total. The molecule has 5 N–H and O–H groups in total. The van der Waals surface area contributed by atoms with Crippen molar-refractivity contribution in [3.8, 4) is 0 Å². The van der Waals surface area contributed by atoms with Gasteiger partial charge < -0.3 is 0 Å². The maximum atomic E-state index is 10.3. The normalized spacial score (nSPS) is 9.27. The fraction of sp³-hybridized carbons (Fsp3) is 0.250. The topological polar surface area (TPSA) is 109 Å². The molecule has 0 aromatic carbocycles. The molecule has 0 aromatic heterocycles. The van der Waals surface area contributed by atoms with Gasteiger partial charge in [-0.15, -0.1) is 0 Å². The maximum absolute atomic E-state index is 10.3. The average Bonchev–Trinajstić information content (AvgIpc) is 1.97. The zero-order valence-corrected chi connectivity index (χ0v) is 5.92. The Kier molecular flexibility index (Phi) is 4.41. The van der Waals surface area contributed by atoms with E-state index in [2.05, 4.69) is 16.1 Å². The second-order valence-electron chi connectivity index (χ2n) is 1.56. The van der Waals surface area contributed by atoms with E-state index in [0.29, 0.717) is 0 Å². The van der Waals surface area contributed by atoms with Crippen molar-refractivity contribution in [2.24, 2.45) is 10.9 Å². The number of hydrazine groups is 2. The van der Waals surface area contributed by atoms with Crippen LogP contribution in [-0.2, 0) is 9.59 Å². The molecule has 0 radical (unpaired) electrons. The van der Waals surface area contributed by atoms with Crippen molar-refractivity contribution in [2.75, 3.05) is 0 Å². The number of hydrogen-bond donors (Lipinski definition) is 4. The van der Waals surface area contributed by atoms with E-state index in [1.807, 2.05) is 5.43 Å². The largest absolute Gasteiger partial charge is 0.289 e. The molecule has 2 amide bonds. The summed E-state index contributed by atoms with van der Waals surface area (Å²) in [4.78, 5) is 20.5. The first kappa shape index (κ1) is 9.37. The lowest BCUT2D eigenvalue weighted by atomic mass is 10.7. The van der Waals surface area contributed by atoms with Crippen LogP contribution in [-0.4, -0.2) is 18.0 Å². The number of amides is 2. The van der Waals surface area contributed by atoms with E-state index < -0.39 is 5.91 Å². The summed E-state index contributed by atoms with van der Waals surface area (Å²) < 4.78 is 0.